The summed E-state index contributed by atoms with van der Waals surface area (Å²) in [5.74, 6) is 0.909. The van der Waals surface area contributed by atoms with Gasteiger partial charge in [0.1, 0.15) is 0 Å². The van der Waals surface area contributed by atoms with Crippen molar-refractivity contribution in [2.45, 2.75) is 24.6 Å². The van der Waals surface area contributed by atoms with Crippen LogP contribution in [-0.2, 0) is 4.79 Å². The molecule has 14 heavy (non-hydrogen) atoms. The standard InChI is InChI=1S/C9H20N2OS2/c1-7(14-3)6-11-9(12)8(10)4-5-13-2/h7-8H,4-6,10H2,1-3H3,(H,11,12)/t7?,8-/m0/s1. The van der Waals surface area contributed by atoms with Gasteiger partial charge in [-0.25, -0.2) is 0 Å². The molecule has 84 valence electrons. The Morgan fingerprint density at radius 1 is 1.50 bits per heavy atom. The van der Waals surface area contributed by atoms with E-state index >= 15 is 0 Å². The molecule has 0 heterocycles. The van der Waals surface area contributed by atoms with Crippen LogP contribution in [0.2, 0.25) is 0 Å². The third-order valence-corrected chi connectivity index (χ3v) is 3.55. The lowest BCUT2D eigenvalue weighted by Crippen LogP contribution is -2.42. The summed E-state index contributed by atoms with van der Waals surface area (Å²) >= 11 is 3.45. The lowest BCUT2D eigenvalue weighted by molar-refractivity contribution is -0.122. The molecule has 0 spiro atoms. The van der Waals surface area contributed by atoms with Crippen molar-refractivity contribution in [3.63, 3.8) is 0 Å². The van der Waals surface area contributed by atoms with Crippen molar-refractivity contribution < 1.29 is 4.79 Å². The van der Waals surface area contributed by atoms with Gasteiger partial charge in [0.2, 0.25) is 5.91 Å². The van der Waals surface area contributed by atoms with Gasteiger partial charge in [-0.05, 0) is 24.7 Å². The fourth-order valence-corrected chi connectivity index (χ4v) is 1.57. The highest BCUT2D eigenvalue weighted by atomic mass is 32.2. The molecule has 1 amide bonds. The normalized spacial score (nSPS) is 14.9. The smallest absolute Gasteiger partial charge is 0.236 e. The fraction of sp³-hybridized carbons (Fsp3) is 0.889. The summed E-state index contributed by atoms with van der Waals surface area (Å²) in [4.78, 5) is 11.4. The first-order valence-electron chi connectivity index (χ1n) is 4.66. The quantitative estimate of drug-likeness (QED) is 0.690. The summed E-state index contributed by atoms with van der Waals surface area (Å²) in [5, 5.41) is 3.30. The maximum atomic E-state index is 11.4. The molecule has 0 aliphatic heterocycles. The number of rotatable bonds is 7. The Morgan fingerprint density at radius 2 is 2.14 bits per heavy atom. The van der Waals surface area contributed by atoms with Crippen molar-refractivity contribution in [1.29, 1.82) is 0 Å². The predicted octanol–water partition coefficient (Wildman–Crippen LogP) is 0.935. The van der Waals surface area contributed by atoms with Gasteiger partial charge in [0.05, 0.1) is 6.04 Å². The summed E-state index contributed by atoms with van der Waals surface area (Å²) in [7, 11) is 0. The van der Waals surface area contributed by atoms with Gasteiger partial charge in [0, 0.05) is 11.8 Å². The van der Waals surface area contributed by atoms with E-state index in [0.29, 0.717) is 11.8 Å². The van der Waals surface area contributed by atoms with E-state index < -0.39 is 0 Å². The molecular formula is C9H20N2OS2. The highest BCUT2D eigenvalue weighted by molar-refractivity contribution is 7.99. The second-order valence-corrected chi connectivity index (χ2v) is 5.44. The Morgan fingerprint density at radius 3 is 2.64 bits per heavy atom. The monoisotopic (exact) mass is 236 g/mol. The second kappa shape index (κ2) is 8.44. The zero-order chi connectivity index (χ0) is 11.0. The van der Waals surface area contributed by atoms with Crippen LogP contribution in [0.4, 0.5) is 0 Å². The van der Waals surface area contributed by atoms with Crippen molar-refractivity contribution in [2.75, 3.05) is 24.8 Å². The van der Waals surface area contributed by atoms with E-state index in [4.69, 9.17) is 5.73 Å². The predicted molar refractivity (Wildman–Crippen MR) is 67.0 cm³/mol. The van der Waals surface area contributed by atoms with Crippen LogP contribution in [0.25, 0.3) is 0 Å². The highest BCUT2D eigenvalue weighted by Crippen LogP contribution is 2.03. The average molecular weight is 236 g/mol. The van der Waals surface area contributed by atoms with E-state index in [0.717, 1.165) is 12.2 Å². The largest absolute Gasteiger partial charge is 0.354 e. The number of amides is 1. The van der Waals surface area contributed by atoms with Crippen LogP contribution >= 0.6 is 23.5 Å². The summed E-state index contributed by atoms with van der Waals surface area (Å²) in [6, 6.07) is -0.350. The number of hydrogen-bond donors (Lipinski definition) is 2. The Labute approximate surface area is 95.0 Å². The zero-order valence-electron chi connectivity index (χ0n) is 9.08. The number of nitrogens with one attached hydrogen (secondary N) is 1. The molecule has 0 radical (unpaired) electrons. The molecule has 0 aromatic rings. The Hall–Kier alpha value is 0.130. The van der Waals surface area contributed by atoms with Crippen molar-refractivity contribution in [3.05, 3.63) is 0 Å². The number of thioether (sulfide) groups is 2. The van der Waals surface area contributed by atoms with Gasteiger partial charge in [-0.3, -0.25) is 4.79 Å². The van der Waals surface area contributed by atoms with Crippen LogP contribution in [0.1, 0.15) is 13.3 Å². The van der Waals surface area contributed by atoms with Crippen LogP contribution in [0.5, 0.6) is 0 Å². The molecule has 3 N–H and O–H groups in total. The maximum Gasteiger partial charge on any atom is 0.236 e. The minimum Gasteiger partial charge on any atom is -0.354 e. The molecule has 0 aliphatic rings. The van der Waals surface area contributed by atoms with Crippen LogP contribution in [0, 0.1) is 0 Å². The van der Waals surface area contributed by atoms with Crippen LogP contribution in [0.3, 0.4) is 0 Å². The summed E-state index contributed by atoms with van der Waals surface area (Å²) < 4.78 is 0. The van der Waals surface area contributed by atoms with Crippen molar-refractivity contribution in [2.24, 2.45) is 5.73 Å². The number of carbonyl (C=O) groups excluding carboxylic acids is 1. The van der Waals surface area contributed by atoms with E-state index in [-0.39, 0.29) is 11.9 Å². The molecule has 0 fully saturated rings. The lowest BCUT2D eigenvalue weighted by atomic mass is 10.2. The summed E-state index contributed by atoms with van der Waals surface area (Å²) in [6.07, 6.45) is 4.80. The first kappa shape index (κ1) is 14.1. The third-order valence-electron chi connectivity index (χ3n) is 1.94. The van der Waals surface area contributed by atoms with Gasteiger partial charge in [0.15, 0.2) is 0 Å². The zero-order valence-corrected chi connectivity index (χ0v) is 10.7. The van der Waals surface area contributed by atoms with Gasteiger partial charge in [-0.1, -0.05) is 6.92 Å². The molecule has 3 nitrogen and oxygen atoms in total. The molecule has 0 saturated carbocycles. The summed E-state index contributed by atoms with van der Waals surface area (Å²) in [6.45, 7) is 2.78. The van der Waals surface area contributed by atoms with E-state index in [1.54, 1.807) is 23.5 Å². The van der Waals surface area contributed by atoms with Crippen molar-refractivity contribution in [1.82, 2.24) is 5.32 Å². The van der Waals surface area contributed by atoms with E-state index in [1.807, 2.05) is 12.5 Å². The first-order valence-corrected chi connectivity index (χ1v) is 7.35. The molecule has 0 saturated heterocycles. The minimum atomic E-state index is -0.350. The van der Waals surface area contributed by atoms with Crippen LogP contribution in [-0.4, -0.2) is 42.0 Å². The number of nitrogens with two attached hydrogens (primary N) is 1. The van der Waals surface area contributed by atoms with Gasteiger partial charge in [0.25, 0.3) is 0 Å². The molecule has 0 aromatic heterocycles. The van der Waals surface area contributed by atoms with E-state index in [1.165, 1.54) is 0 Å². The third kappa shape index (κ3) is 6.56. The second-order valence-electron chi connectivity index (χ2n) is 3.18. The molecule has 2 atom stereocenters. The molecule has 5 heteroatoms. The first-order chi connectivity index (χ1) is 6.61. The van der Waals surface area contributed by atoms with Crippen molar-refractivity contribution >= 4 is 29.4 Å². The summed E-state index contributed by atoms with van der Waals surface area (Å²) in [5.41, 5.74) is 5.70. The maximum absolute atomic E-state index is 11.4. The highest BCUT2D eigenvalue weighted by Gasteiger charge is 2.12. The molecule has 0 bridgehead atoms. The Balaban J connectivity index is 3.61. The van der Waals surface area contributed by atoms with Crippen LogP contribution in [0.15, 0.2) is 0 Å². The van der Waals surface area contributed by atoms with Gasteiger partial charge >= 0.3 is 0 Å². The topological polar surface area (TPSA) is 55.1 Å². The van der Waals surface area contributed by atoms with E-state index in [9.17, 15) is 4.79 Å². The Kier molecular flexibility index (Phi) is 8.52. The lowest BCUT2D eigenvalue weighted by Gasteiger charge is -2.13. The SMILES string of the molecule is CSCC[C@H](N)C(=O)NCC(C)SC. The average Bonchev–Trinajstić information content (AvgIpc) is 2.21. The molecule has 0 aromatic carbocycles. The van der Waals surface area contributed by atoms with Gasteiger partial charge < -0.3 is 11.1 Å². The minimum absolute atomic E-state index is 0.0278. The Bertz CT molecular complexity index is 167. The molecule has 1 unspecified atom stereocenters. The molecular weight excluding hydrogens is 216 g/mol. The van der Waals surface area contributed by atoms with Gasteiger partial charge in [-0.2, -0.15) is 23.5 Å². The number of carbonyl (C=O) groups is 1. The van der Waals surface area contributed by atoms with Crippen LogP contribution < -0.4 is 11.1 Å². The molecule has 0 rings (SSSR count). The van der Waals surface area contributed by atoms with Gasteiger partial charge in [-0.15, -0.1) is 0 Å². The van der Waals surface area contributed by atoms with Crippen molar-refractivity contribution in [3.8, 4) is 0 Å². The fourth-order valence-electron chi connectivity index (χ4n) is 0.835. The van der Waals surface area contributed by atoms with E-state index in [2.05, 4.69) is 12.2 Å². The number of hydrogen-bond acceptors (Lipinski definition) is 4. The molecule has 0 aliphatic carbocycles.